The van der Waals surface area contributed by atoms with Crippen molar-refractivity contribution >= 4 is 44.0 Å². The van der Waals surface area contributed by atoms with E-state index in [1.54, 1.807) is 60.3 Å². The average molecular weight is 549 g/mol. The van der Waals surface area contributed by atoms with Crippen molar-refractivity contribution in [3.8, 4) is 5.75 Å². The first-order valence-electron chi connectivity index (χ1n) is 12.9. The van der Waals surface area contributed by atoms with Crippen LogP contribution in [-0.4, -0.2) is 48.6 Å². The molecular weight excluding hydrogens is 520 g/mol. The second kappa shape index (κ2) is 9.88. The van der Waals surface area contributed by atoms with E-state index in [1.807, 2.05) is 0 Å². The van der Waals surface area contributed by atoms with E-state index >= 15 is 0 Å². The molecule has 0 spiro atoms. The summed E-state index contributed by atoms with van der Waals surface area (Å²) in [5.74, 6) is -0.197. The SMILES string of the molecule is COc1ccc(NC(=O)c2oc3ccccc3c2NC(=O)c2nn([C@H]3CCS(=O)(=O)C3)c3c2CCCC3)cc1. The van der Waals surface area contributed by atoms with Crippen LogP contribution in [0.1, 0.15) is 57.6 Å². The molecule has 2 N–H and O–H groups in total. The number of sulfone groups is 1. The molecule has 2 aromatic carbocycles. The minimum absolute atomic E-state index is 0.0319. The normalized spacial score (nSPS) is 18.0. The monoisotopic (exact) mass is 548 g/mol. The standard InChI is InChI=1S/C28H28N4O6S/c1-37-19-12-10-17(11-13-19)29-28(34)26-24(21-7-3-5-9-23(21)38-26)30-27(33)25-20-6-2-4-8-22(20)32(31-25)18-14-15-39(35,36)16-18/h3,5,7,9-13,18H,2,4,6,8,14-16H2,1H3,(H,29,34)(H,30,33)/t18-/m0/s1. The van der Waals surface area contributed by atoms with Gasteiger partial charge in [-0.25, -0.2) is 8.42 Å². The highest BCUT2D eigenvalue weighted by Gasteiger charge is 2.35. The van der Waals surface area contributed by atoms with E-state index in [-0.39, 0.29) is 34.7 Å². The van der Waals surface area contributed by atoms with Crippen molar-refractivity contribution in [2.45, 2.75) is 38.1 Å². The fraction of sp³-hybridized carbons (Fsp3) is 0.321. The number of nitrogens with one attached hydrogen (secondary N) is 2. The average Bonchev–Trinajstić information content (AvgIpc) is 3.62. The quantitative estimate of drug-likeness (QED) is 0.365. The molecule has 1 fully saturated rings. The Hall–Kier alpha value is -4.12. The number of carbonyl (C=O) groups excluding carboxylic acids is 2. The molecule has 3 heterocycles. The molecule has 0 radical (unpaired) electrons. The van der Waals surface area contributed by atoms with Gasteiger partial charge in [-0.1, -0.05) is 12.1 Å². The number of anilines is 2. The molecule has 39 heavy (non-hydrogen) atoms. The second-order valence-corrected chi connectivity index (χ2v) is 12.2. The molecule has 1 aliphatic carbocycles. The van der Waals surface area contributed by atoms with Crippen LogP contribution in [0, 0.1) is 0 Å². The van der Waals surface area contributed by atoms with E-state index in [4.69, 9.17) is 9.15 Å². The van der Waals surface area contributed by atoms with Crippen molar-refractivity contribution in [2.24, 2.45) is 0 Å². The molecule has 10 nitrogen and oxygen atoms in total. The molecule has 202 valence electrons. The van der Waals surface area contributed by atoms with Gasteiger partial charge >= 0.3 is 0 Å². The Kier molecular flexibility index (Phi) is 6.38. The highest BCUT2D eigenvalue weighted by molar-refractivity contribution is 7.91. The number of furan rings is 1. The summed E-state index contributed by atoms with van der Waals surface area (Å²) in [4.78, 5) is 27.0. The highest BCUT2D eigenvalue weighted by Crippen LogP contribution is 2.34. The van der Waals surface area contributed by atoms with Gasteiger partial charge in [-0.2, -0.15) is 5.10 Å². The largest absolute Gasteiger partial charge is 0.497 e. The summed E-state index contributed by atoms with van der Waals surface area (Å²) >= 11 is 0. The van der Waals surface area contributed by atoms with Crippen LogP contribution >= 0.6 is 0 Å². The summed E-state index contributed by atoms with van der Waals surface area (Å²) in [7, 11) is -1.55. The minimum atomic E-state index is -3.12. The Labute approximate surface area is 225 Å². The summed E-state index contributed by atoms with van der Waals surface area (Å²) in [6.45, 7) is 0. The van der Waals surface area contributed by atoms with Crippen LogP contribution in [0.2, 0.25) is 0 Å². The fourth-order valence-electron chi connectivity index (χ4n) is 5.44. The van der Waals surface area contributed by atoms with Crippen LogP contribution in [-0.2, 0) is 22.7 Å². The third kappa shape index (κ3) is 4.78. The molecular formula is C28H28N4O6S. The summed E-state index contributed by atoms with van der Waals surface area (Å²) in [5, 5.41) is 10.9. The summed E-state index contributed by atoms with van der Waals surface area (Å²) in [5.41, 5.74) is 3.29. The van der Waals surface area contributed by atoms with Crippen molar-refractivity contribution in [3.63, 3.8) is 0 Å². The van der Waals surface area contributed by atoms with Gasteiger partial charge < -0.3 is 19.8 Å². The van der Waals surface area contributed by atoms with Crippen molar-refractivity contribution in [3.05, 3.63) is 71.2 Å². The van der Waals surface area contributed by atoms with E-state index in [0.29, 0.717) is 35.2 Å². The lowest BCUT2D eigenvalue weighted by atomic mass is 9.95. The first kappa shape index (κ1) is 25.2. The van der Waals surface area contributed by atoms with Gasteiger partial charge in [0.2, 0.25) is 5.76 Å². The number of carbonyl (C=O) groups is 2. The highest BCUT2D eigenvalue weighted by atomic mass is 32.2. The summed E-state index contributed by atoms with van der Waals surface area (Å²) < 4.78 is 37.1. The lowest BCUT2D eigenvalue weighted by Crippen LogP contribution is -2.19. The van der Waals surface area contributed by atoms with Crippen molar-refractivity contribution in [1.29, 1.82) is 0 Å². The van der Waals surface area contributed by atoms with Gasteiger partial charge in [0.15, 0.2) is 15.5 Å². The van der Waals surface area contributed by atoms with Gasteiger partial charge in [-0.3, -0.25) is 14.3 Å². The topological polar surface area (TPSA) is 133 Å². The van der Waals surface area contributed by atoms with Gasteiger partial charge in [0.25, 0.3) is 11.8 Å². The van der Waals surface area contributed by atoms with E-state index in [9.17, 15) is 18.0 Å². The van der Waals surface area contributed by atoms with E-state index in [2.05, 4.69) is 15.7 Å². The first-order chi connectivity index (χ1) is 18.8. The van der Waals surface area contributed by atoms with Crippen molar-refractivity contribution in [2.75, 3.05) is 29.2 Å². The van der Waals surface area contributed by atoms with E-state index in [1.165, 1.54) is 0 Å². The smallest absolute Gasteiger partial charge is 0.293 e. The Morgan fingerprint density at radius 1 is 1.03 bits per heavy atom. The van der Waals surface area contributed by atoms with Crippen LogP contribution in [0.3, 0.4) is 0 Å². The van der Waals surface area contributed by atoms with Gasteiger partial charge in [0.05, 0.1) is 24.7 Å². The van der Waals surface area contributed by atoms with Crippen LogP contribution < -0.4 is 15.4 Å². The predicted octanol–water partition coefficient (Wildman–Crippen LogP) is 4.38. The Morgan fingerprint density at radius 2 is 1.79 bits per heavy atom. The maximum Gasteiger partial charge on any atom is 0.293 e. The van der Waals surface area contributed by atoms with E-state index < -0.39 is 21.7 Å². The molecule has 0 saturated carbocycles. The molecule has 4 aromatic rings. The van der Waals surface area contributed by atoms with Crippen molar-refractivity contribution < 1.29 is 27.2 Å². The number of fused-ring (bicyclic) bond motifs is 2. The Morgan fingerprint density at radius 3 is 2.54 bits per heavy atom. The summed E-state index contributed by atoms with van der Waals surface area (Å²) in [6.07, 6.45) is 3.80. The number of methoxy groups -OCH3 is 1. The van der Waals surface area contributed by atoms with Gasteiger partial charge in [-0.05, 0) is 68.5 Å². The maximum atomic E-state index is 13.7. The number of ether oxygens (including phenoxy) is 1. The van der Waals surface area contributed by atoms with Crippen LogP contribution in [0.15, 0.2) is 52.9 Å². The lowest BCUT2D eigenvalue weighted by molar-refractivity contribution is 0.0999. The Balaban J connectivity index is 1.34. The molecule has 2 aromatic heterocycles. The molecule has 2 aliphatic rings. The van der Waals surface area contributed by atoms with Gasteiger partial charge in [0, 0.05) is 22.3 Å². The minimum Gasteiger partial charge on any atom is -0.497 e. The van der Waals surface area contributed by atoms with Crippen LogP contribution in [0.4, 0.5) is 11.4 Å². The number of nitrogens with zero attached hydrogens (tertiary/aromatic N) is 2. The molecule has 11 heteroatoms. The first-order valence-corrected chi connectivity index (χ1v) is 14.7. The van der Waals surface area contributed by atoms with Crippen LogP contribution in [0.25, 0.3) is 11.0 Å². The third-order valence-electron chi connectivity index (χ3n) is 7.37. The van der Waals surface area contributed by atoms with Crippen molar-refractivity contribution in [1.82, 2.24) is 9.78 Å². The van der Waals surface area contributed by atoms with Gasteiger partial charge in [0.1, 0.15) is 17.0 Å². The number of benzene rings is 2. The number of para-hydroxylation sites is 1. The maximum absolute atomic E-state index is 13.7. The molecule has 2 amide bonds. The third-order valence-corrected chi connectivity index (χ3v) is 9.12. The second-order valence-electron chi connectivity index (χ2n) is 9.92. The molecule has 1 saturated heterocycles. The van der Waals surface area contributed by atoms with E-state index in [0.717, 1.165) is 30.5 Å². The number of amides is 2. The lowest BCUT2D eigenvalue weighted by Gasteiger charge is -2.17. The number of rotatable bonds is 6. The number of hydrogen-bond acceptors (Lipinski definition) is 7. The molecule has 0 unspecified atom stereocenters. The fourth-order valence-corrected chi connectivity index (χ4v) is 7.13. The molecule has 1 aliphatic heterocycles. The molecule has 1 atom stereocenters. The zero-order valence-corrected chi connectivity index (χ0v) is 22.2. The molecule has 6 rings (SSSR count). The Bertz CT molecular complexity index is 1690. The predicted molar refractivity (Wildman–Crippen MR) is 146 cm³/mol. The number of hydrogen-bond donors (Lipinski definition) is 2. The van der Waals surface area contributed by atoms with Gasteiger partial charge in [-0.15, -0.1) is 0 Å². The number of aromatic nitrogens is 2. The summed E-state index contributed by atoms with van der Waals surface area (Å²) in [6, 6.07) is 13.7. The molecule has 0 bridgehead atoms. The zero-order chi connectivity index (χ0) is 27.1. The van der Waals surface area contributed by atoms with Crippen LogP contribution in [0.5, 0.6) is 5.75 Å². The zero-order valence-electron chi connectivity index (χ0n) is 21.4.